The number of carbonyl (C=O) groups is 1. The van der Waals surface area contributed by atoms with Crippen LogP contribution in [0.1, 0.15) is 23.1 Å². The van der Waals surface area contributed by atoms with E-state index in [1.807, 2.05) is 68.4 Å². The predicted octanol–water partition coefficient (Wildman–Crippen LogP) is 4.30. The van der Waals surface area contributed by atoms with E-state index in [1.54, 1.807) is 11.3 Å². The third kappa shape index (κ3) is 3.42. The number of ether oxygens (including phenoxy) is 1. The number of benzene rings is 1. The molecule has 0 radical (unpaired) electrons. The molecule has 0 amide bonds. The molecule has 0 unspecified atom stereocenters. The Bertz CT molecular complexity index is 958. The third-order valence-electron chi connectivity index (χ3n) is 3.91. The van der Waals surface area contributed by atoms with Gasteiger partial charge in [0.25, 0.3) is 0 Å². The summed E-state index contributed by atoms with van der Waals surface area (Å²) in [6.07, 6.45) is 0. The lowest BCUT2D eigenvalue weighted by Crippen LogP contribution is -2.07. The van der Waals surface area contributed by atoms with Crippen molar-refractivity contribution < 1.29 is 9.53 Å². The summed E-state index contributed by atoms with van der Waals surface area (Å²) in [5.41, 5.74) is 3.46. The van der Waals surface area contributed by atoms with Gasteiger partial charge in [0.1, 0.15) is 5.65 Å². The van der Waals surface area contributed by atoms with Crippen molar-refractivity contribution in [3.63, 3.8) is 0 Å². The number of fused-ring (bicyclic) bond motifs is 1. The highest BCUT2D eigenvalue weighted by Crippen LogP contribution is 2.27. The Balaban J connectivity index is 2.04. The number of aryl methyl sites for hydroxylation is 1. The zero-order valence-corrected chi connectivity index (χ0v) is 15.3. The van der Waals surface area contributed by atoms with Crippen molar-refractivity contribution in [2.75, 3.05) is 25.6 Å². The van der Waals surface area contributed by atoms with Gasteiger partial charge in [0.15, 0.2) is 11.5 Å². The molecule has 0 saturated heterocycles. The van der Waals surface area contributed by atoms with Crippen LogP contribution in [0.3, 0.4) is 0 Å². The molecule has 0 saturated carbocycles. The molecule has 7 nitrogen and oxygen atoms in total. The summed E-state index contributed by atoms with van der Waals surface area (Å²) in [5, 5.41) is 8.60. The minimum atomic E-state index is -0.507. The van der Waals surface area contributed by atoms with E-state index in [4.69, 9.17) is 4.74 Å². The Morgan fingerprint density at radius 2 is 1.88 bits per heavy atom. The topological polar surface area (TPSA) is 71.6 Å². The van der Waals surface area contributed by atoms with Gasteiger partial charge in [0, 0.05) is 25.5 Å². The lowest BCUT2D eigenvalue weighted by molar-refractivity contribution is 0.0521. The molecule has 0 N–H and O–H groups in total. The number of nitrogens with zero attached hydrogens (tertiary/aromatic N) is 5. The first-order chi connectivity index (χ1) is 12.5. The normalized spacial score (nSPS) is 11.2. The number of aromatic nitrogens is 2. The van der Waals surface area contributed by atoms with Gasteiger partial charge in [0.2, 0.25) is 0 Å². The Morgan fingerprint density at radius 1 is 1.15 bits per heavy atom. The van der Waals surface area contributed by atoms with Crippen molar-refractivity contribution in [1.82, 2.24) is 9.38 Å². The SMILES string of the molecule is CCOC(=O)c1nc2cccc(C)n2c1N=Nc1ccc(N(C)C)cc1. The molecule has 3 rings (SSSR count). The summed E-state index contributed by atoms with van der Waals surface area (Å²) in [7, 11) is 3.95. The number of imidazole rings is 1. The van der Waals surface area contributed by atoms with Gasteiger partial charge < -0.3 is 9.64 Å². The third-order valence-corrected chi connectivity index (χ3v) is 3.91. The molecule has 26 heavy (non-hydrogen) atoms. The summed E-state index contributed by atoms with van der Waals surface area (Å²) in [6, 6.07) is 13.3. The van der Waals surface area contributed by atoms with Crippen LogP contribution >= 0.6 is 0 Å². The Kier molecular flexibility index (Phi) is 4.97. The second-order valence-electron chi connectivity index (χ2n) is 5.98. The molecule has 0 aliphatic rings. The highest BCUT2D eigenvalue weighted by atomic mass is 16.5. The molecule has 0 bridgehead atoms. The molecule has 2 heterocycles. The number of pyridine rings is 1. The van der Waals surface area contributed by atoms with Crippen LogP contribution < -0.4 is 4.90 Å². The van der Waals surface area contributed by atoms with E-state index in [-0.39, 0.29) is 12.3 Å². The first kappa shape index (κ1) is 17.6. The molecule has 1 aromatic carbocycles. The van der Waals surface area contributed by atoms with E-state index in [0.717, 1.165) is 11.4 Å². The van der Waals surface area contributed by atoms with Gasteiger partial charge in [-0.05, 0) is 50.2 Å². The van der Waals surface area contributed by atoms with Crippen LogP contribution in [0.2, 0.25) is 0 Å². The quantitative estimate of drug-likeness (QED) is 0.507. The molecule has 0 atom stereocenters. The average Bonchev–Trinajstić information content (AvgIpc) is 3.00. The maximum Gasteiger partial charge on any atom is 0.360 e. The van der Waals surface area contributed by atoms with Crippen LogP contribution in [-0.4, -0.2) is 36.1 Å². The first-order valence-corrected chi connectivity index (χ1v) is 8.35. The van der Waals surface area contributed by atoms with Crippen LogP contribution in [0.5, 0.6) is 0 Å². The highest BCUT2D eigenvalue weighted by molar-refractivity contribution is 5.93. The number of rotatable bonds is 5. The van der Waals surface area contributed by atoms with Crippen LogP contribution in [0.25, 0.3) is 5.65 Å². The number of hydrogen-bond donors (Lipinski definition) is 0. The fourth-order valence-electron chi connectivity index (χ4n) is 2.59. The second-order valence-corrected chi connectivity index (χ2v) is 5.98. The van der Waals surface area contributed by atoms with Crippen molar-refractivity contribution in [2.45, 2.75) is 13.8 Å². The lowest BCUT2D eigenvalue weighted by atomic mass is 10.3. The molecule has 2 aromatic heterocycles. The van der Waals surface area contributed by atoms with Crippen LogP contribution in [0, 0.1) is 6.92 Å². The fraction of sp³-hybridized carbons (Fsp3) is 0.263. The lowest BCUT2D eigenvalue weighted by Gasteiger charge is -2.11. The Morgan fingerprint density at radius 3 is 2.54 bits per heavy atom. The van der Waals surface area contributed by atoms with E-state index in [1.165, 1.54) is 0 Å². The molecule has 0 fully saturated rings. The largest absolute Gasteiger partial charge is 0.461 e. The average molecular weight is 351 g/mol. The van der Waals surface area contributed by atoms with Crippen LogP contribution in [0.4, 0.5) is 17.2 Å². The molecule has 3 aromatic rings. The van der Waals surface area contributed by atoms with Crippen molar-refractivity contribution in [3.8, 4) is 0 Å². The molecular weight excluding hydrogens is 330 g/mol. The maximum atomic E-state index is 12.3. The van der Waals surface area contributed by atoms with Crippen molar-refractivity contribution in [2.24, 2.45) is 10.2 Å². The molecule has 134 valence electrons. The zero-order chi connectivity index (χ0) is 18.7. The van der Waals surface area contributed by atoms with E-state index in [9.17, 15) is 4.79 Å². The summed E-state index contributed by atoms with van der Waals surface area (Å²) < 4.78 is 6.91. The second kappa shape index (κ2) is 7.35. The number of carbonyl (C=O) groups excluding carboxylic acids is 1. The minimum Gasteiger partial charge on any atom is -0.461 e. The van der Waals surface area contributed by atoms with E-state index < -0.39 is 5.97 Å². The monoisotopic (exact) mass is 351 g/mol. The Labute approximate surface area is 151 Å². The number of azo groups is 1. The molecular formula is C19H21N5O2. The van der Waals surface area contributed by atoms with Crippen molar-refractivity contribution in [3.05, 3.63) is 53.9 Å². The van der Waals surface area contributed by atoms with Crippen molar-refractivity contribution in [1.29, 1.82) is 0 Å². The summed E-state index contributed by atoms with van der Waals surface area (Å²) in [5.74, 6) is -0.138. The molecule has 7 heteroatoms. The van der Waals surface area contributed by atoms with Crippen LogP contribution in [0.15, 0.2) is 52.7 Å². The smallest absolute Gasteiger partial charge is 0.360 e. The number of esters is 1. The summed E-state index contributed by atoms with van der Waals surface area (Å²) >= 11 is 0. The summed E-state index contributed by atoms with van der Waals surface area (Å²) in [6.45, 7) is 3.95. The standard InChI is InChI=1S/C19H21N5O2/c1-5-26-19(25)17-18(24-13(2)7-6-8-16(24)20-17)22-21-14-9-11-15(12-10-14)23(3)4/h6-12H,5H2,1-4H3. The van der Waals surface area contributed by atoms with E-state index in [0.29, 0.717) is 17.2 Å². The van der Waals surface area contributed by atoms with Gasteiger partial charge in [-0.15, -0.1) is 10.2 Å². The minimum absolute atomic E-state index is 0.162. The molecule has 0 aliphatic carbocycles. The summed E-state index contributed by atoms with van der Waals surface area (Å²) in [4.78, 5) is 18.6. The Hall–Kier alpha value is -3.22. The predicted molar refractivity (Wildman–Crippen MR) is 101 cm³/mol. The highest BCUT2D eigenvalue weighted by Gasteiger charge is 2.21. The van der Waals surface area contributed by atoms with Gasteiger partial charge in [-0.2, -0.15) is 0 Å². The van der Waals surface area contributed by atoms with Crippen LogP contribution in [-0.2, 0) is 4.74 Å². The first-order valence-electron chi connectivity index (χ1n) is 8.35. The van der Waals surface area contributed by atoms with Gasteiger partial charge in [-0.1, -0.05) is 6.07 Å². The number of anilines is 1. The maximum absolute atomic E-state index is 12.3. The number of hydrogen-bond acceptors (Lipinski definition) is 6. The van der Waals surface area contributed by atoms with Crippen molar-refractivity contribution >= 4 is 28.8 Å². The van der Waals surface area contributed by atoms with E-state index >= 15 is 0 Å². The van der Waals surface area contributed by atoms with Gasteiger partial charge in [-0.25, -0.2) is 9.78 Å². The van der Waals surface area contributed by atoms with E-state index in [2.05, 4.69) is 15.2 Å². The molecule has 0 spiro atoms. The van der Waals surface area contributed by atoms with Gasteiger partial charge in [-0.3, -0.25) is 4.40 Å². The molecule has 0 aliphatic heterocycles. The zero-order valence-electron chi connectivity index (χ0n) is 15.3. The van der Waals surface area contributed by atoms with Gasteiger partial charge >= 0.3 is 5.97 Å². The van der Waals surface area contributed by atoms with Gasteiger partial charge in [0.05, 0.1) is 12.3 Å². The fourth-order valence-corrected chi connectivity index (χ4v) is 2.59.